The molecule has 0 saturated carbocycles. The lowest BCUT2D eigenvalue weighted by molar-refractivity contribution is 0.0633. The zero-order valence-electron chi connectivity index (χ0n) is 9.33. The number of carbonyl (C=O) groups is 2. The Morgan fingerprint density at radius 3 is 2.50 bits per heavy atom. The van der Waals surface area contributed by atoms with E-state index < -0.39 is 17.7 Å². The number of aromatic carboxylic acids is 1. The number of carboxylic acids is 1. The van der Waals surface area contributed by atoms with Crippen molar-refractivity contribution in [3.8, 4) is 0 Å². The lowest BCUT2D eigenvalue weighted by Crippen LogP contribution is -2.27. The predicted molar refractivity (Wildman–Crippen MR) is 57.6 cm³/mol. The Hall–Kier alpha value is -1.98. The van der Waals surface area contributed by atoms with Gasteiger partial charge in [-0.25, -0.2) is 9.59 Å². The molecule has 0 atom stereocenters. The van der Waals surface area contributed by atoms with Crippen LogP contribution in [0.25, 0.3) is 0 Å². The molecule has 1 amide bonds. The quantitative estimate of drug-likeness (QED) is 0.719. The molecule has 1 heterocycles. The maximum Gasteiger partial charge on any atom is 0.412 e. The number of ether oxygens (including phenoxy) is 1. The van der Waals surface area contributed by atoms with Crippen LogP contribution in [0.4, 0.5) is 10.5 Å². The third-order valence-electron chi connectivity index (χ3n) is 1.56. The molecule has 88 valence electrons. The first kappa shape index (κ1) is 12.1. The summed E-state index contributed by atoms with van der Waals surface area (Å²) in [5.41, 5.74) is -0.228. The van der Waals surface area contributed by atoms with Crippen LogP contribution in [-0.2, 0) is 4.74 Å². The zero-order valence-corrected chi connectivity index (χ0v) is 9.33. The molecule has 0 aliphatic rings. The summed E-state index contributed by atoms with van der Waals surface area (Å²) in [7, 11) is 0. The number of hydrogen-bond donors (Lipinski definition) is 3. The molecule has 6 nitrogen and oxygen atoms in total. The highest BCUT2D eigenvalue weighted by Crippen LogP contribution is 2.12. The fourth-order valence-electron chi connectivity index (χ4n) is 1.01. The molecule has 0 fully saturated rings. The van der Waals surface area contributed by atoms with Gasteiger partial charge in [0.2, 0.25) is 0 Å². The Labute approximate surface area is 92.6 Å². The van der Waals surface area contributed by atoms with Crippen molar-refractivity contribution in [1.82, 2.24) is 4.98 Å². The molecule has 6 heteroatoms. The molecule has 3 N–H and O–H groups in total. The molecule has 0 aliphatic heterocycles. The summed E-state index contributed by atoms with van der Waals surface area (Å²) in [6.07, 6.45) is 0.760. The van der Waals surface area contributed by atoms with Gasteiger partial charge in [0.25, 0.3) is 0 Å². The van der Waals surface area contributed by atoms with Crippen molar-refractivity contribution in [1.29, 1.82) is 0 Å². The largest absolute Gasteiger partial charge is 0.477 e. The van der Waals surface area contributed by atoms with Crippen LogP contribution >= 0.6 is 0 Å². The number of carbonyl (C=O) groups excluding carboxylic acids is 1. The molecule has 0 aromatic carbocycles. The molecule has 1 aromatic heterocycles. The predicted octanol–water partition coefficient (Wildman–Crippen LogP) is 2.06. The fourth-order valence-corrected chi connectivity index (χ4v) is 1.01. The summed E-state index contributed by atoms with van der Waals surface area (Å²) in [5.74, 6) is -1.09. The van der Waals surface area contributed by atoms with Crippen LogP contribution in [-0.4, -0.2) is 27.8 Å². The number of amides is 1. The molecule has 0 aliphatic carbocycles. The second kappa shape index (κ2) is 4.26. The molecule has 0 radical (unpaired) electrons. The molecule has 0 saturated heterocycles. The highest BCUT2D eigenvalue weighted by atomic mass is 16.6. The van der Waals surface area contributed by atoms with E-state index in [-0.39, 0.29) is 5.69 Å². The number of aromatic nitrogens is 1. The van der Waals surface area contributed by atoms with E-state index in [2.05, 4.69) is 10.3 Å². The Morgan fingerprint density at radius 2 is 2.06 bits per heavy atom. The fraction of sp³-hybridized carbons (Fsp3) is 0.400. The standard InChI is InChI=1S/C10H14N2O4/c1-10(2,3)16-9(15)12-6-4-7(8(13)14)11-5-6/h4-5,11H,1-3H3,(H,12,15)(H,13,14). The van der Waals surface area contributed by atoms with Gasteiger partial charge in [-0.05, 0) is 26.8 Å². The first-order valence-electron chi connectivity index (χ1n) is 4.69. The lowest BCUT2D eigenvalue weighted by atomic mass is 10.2. The van der Waals surface area contributed by atoms with Crippen molar-refractivity contribution in [2.45, 2.75) is 26.4 Å². The van der Waals surface area contributed by atoms with E-state index in [1.165, 1.54) is 12.3 Å². The number of hydrogen-bond acceptors (Lipinski definition) is 3. The molecule has 0 unspecified atom stereocenters. The first-order valence-corrected chi connectivity index (χ1v) is 4.69. The van der Waals surface area contributed by atoms with Gasteiger partial charge in [-0.3, -0.25) is 5.32 Å². The normalized spacial score (nSPS) is 10.9. The molecule has 0 spiro atoms. The van der Waals surface area contributed by atoms with Crippen molar-refractivity contribution in [3.05, 3.63) is 18.0 Å². The monoisotopic (exact) mass is 226 g/mol. The van der Waals surface area contributed by atoms with Gasteiger partial charge in [0.05, 0.1) is 5.69 Å². The maximum atomic E-state index is 11.3. The van der Waals surface area contributed by atoms with Crippen LogP contribution in [0.2, 0.25) is 0 Å². The Morgan fingerprint density at radius 1 is 1.44 bits per heavy atom. The number of nitrogens with one attached hydrogen (secondary N) is 2. The summed E-state index contributed by atoms with van der Waals surface area (Å²) >= 11 is 0. The van der Waals surface area contributed by atoms with E-state index in [1.807, 2.05) is 0 Å². The van der Waals surface area contributed by atoms with E-state index in [0.29, 0.717) is 5.69 Å². The van der Waals surface area contributed by atoms with Gasteiger partial charge in [-0.1, -0.05) is 0 Å². The summed E-state index contributed by atoms with van der Waals surface area (Å²) in [4.78, 5) is 24.4. The van der Waals surface area contributed by atoms with Crippen LogP contribution in [0.3, 0.4) is 0 Å². The van der Waals surface area contributed by atoms with Crippen LogP contribution in [0.15, 0.2) is 12.3 Å². The van der Waals surface area contributed by atoms with Crippen molar-refractivity contribution in [3.63, 3.8) is 0 Å². The van der Waals surface area contributed by atoms with Crippen LogP contribution < -0.4 is 5.32 Å². The SMILES string of the molecule is CC(C)(C)OC(=O)Nc1c[nH]c(C(=O)O)c1. The van der Waals surface area contributed by atoms with Gasteiger partial charge in [0.15, 0.2) is 0 Å². The summed E-state index contributed by atoms with van der Waals surface area (Å²) in [6.45, 7) is 5.23. The minimum absolute atomic E-state index is 0.00561. The van der Waals surface area contributed by atoms with Gasteiger partial charge in [-0.15, -0.1) is 0 Å². The minimum atomic E-state index is -1.09. The summed E-state index contributed by atoms with van der Waals surface area (Å²) in [5, 5.41) is 11.1. The summed E-state index contributed by atoms with van der Waals surface area (Å²) < 4.78 is 5.00. The molecular formula is C10H14N2O4. The average Bonchev–Trinajstić information content (AvgIpc) is 2.48. The third-order valence-corrected chi connectivity index (χ3v) is 1.56. The van der Waals surface area contributed by atoms with Crippen LogP contribution in [0, 0.1) is 0 Å². The average molecular weight is 226 g/mol. The zero-order chi connectivity index (χ0) is 12.3. The van der Waals surface area contributed by atoms with Crippen molar-refractivity contribution < 1.29 is 19.4 Å². The van der Waals surface area contributed by atoms with E-state index in [9.17, 15) is 9.59 Å². The van der Waals surface area contributed by atoms with E-state index in [4.69, 9.17) is 9.84 Å². The highest BCUT2D eigenvalue weighted by Gasteiger charge is 2.17. The second-order valence-corrected chi connectivity index (χ2v) is 4.23. The number of H-pyrrole nitrogens is 1. The van der Waals surface area contributed by atoms with Gasteiger partial charge in [0.1, 0.15) is 11.3 Å². The molecule has 0 bridgehead atoms. The van der Waals surface area contributed by atoms with Crippen LogP contribution in [0.5, 0.6) is 0 Å². The van der Waals surface area contributed by atoms with E-state index in [1.54, 1.807) is 20.8 Å². The molecule has 1 rings (SSSR count). The smallest absolute Gasteiger partial charge is 0.412 e. The van der Waals surface area contributed by atoms with Crippen molar-refractivity contribution in [2.24, 2.45) is 0 Å². The second-order valence-electron chi connectivity index (χ2n) is 4.23. The maximum absolute atomic E-state index is 11.3. The lowest BCUT2D eigenvalue weighted by Gasteiger charge is -2.19. The number of carboxylic acid groups (broad SMARTS) is 1. The Kier molecular flexibility index (Phi) is 3.22. The van der Waals surface area contributed by atoms with E-state index in [0.717, 1.165) is 0 Å². The molecule has 1 aromatic rings. The van der Waals surface area contributed by atoms with Gasteiger partial charge in [-0.2, -0.15) is 0 Å². The summed E-state index contributed by atoms with van der Waals surface area (Å²) in [6, 6.07) is 1.31. The number of anilines is 1. The number of aromatic amines is 1. The van der Waals surface area contributed by atoms with Gasteiger partial charge >= 0.3 is 12.1 Å². The van der Waals surface area contributed by atoms with Gasteiger partial charge in [0, 0.05) is 6.20 Å². The minimum Gasteiger partial charge on any atom is -0.477 e. The molecular weight excluding hydrogens is 212 g/mol. The first-order chi connectivity index (χ1) is 7.28. The number of rotatable bonds is 2. The Balaban J connectivity index is 2.60. The van der Waals surface area contributed by atoms with Crippen molar-refractivity contribution >= 4 is 17.7 Å². The highest BCUT2D eigenvalue weighted by molar-refractivity contribution is 5.90. The van der Waals surface area contributed by atoms with Crippen LogP contribution in [0.1, 0.15) is 31.3 Å². The molecule has 16 heavy (non-hydrogen) atoms. The topological polar surface area (TPSA) is 91.4 Å². The van der Waals surface area contributed by atoms with E-state index >= 15 is 0 Å². The van der Waals surface area contributed by atoms with Crippen molar-refractivity contribution in [2.75, 3.05) is 5.32 Å². The third kappa shape index (κ3) is 3.64. The Bertz CT molecular complexity index is 403. The van der Waals surface area contributed by atoms with Gasteiger partial charge < -0.3 is 14.8 Å².